The molecule has 2 aromatic carbocycles. The number of nitrogens with zero attached hydrogens (tertiary/aromatic N) is 2. The van der Waals surface area contributed by atoms with E-state index in [1.807, 2.05) is 13.0 Å². The number of carbonyl (C=O) groups excluding carboxylic acids is 2. The maximum absolute atomic E-state index is 14.1. The monoisotopic (exact) mass is 566 g/mol. The highest BCUT2D eigenvalue weighted by Crippen LogP contribution is 2.25. The smallest absolute Gasteiger partial charge is 0.274 e. The van der Waals surface area contributed by atoms with Crippen LogP contribution in [0.4, 0.5) is 13.2 Å². The zero-order valence-corrected chi connectivity index (χ0v) is 22.4. The van der Waals surface area contributed by atoms with Crippen LogP contribution in [0, 0.1) is 22.9 Å². The maximum Gasteiger partial charge on any atom is 0.274 e. The number of ether oxygens (including phenoxy) is 1. The van der Waals surface area contributed by atoms with E-state index in [-0.39, 0.29) is 42.7 Å². The van der Waals surface area contributed by atoms with E-state index in [2.05, 4.69) is 11.9 Å². The number of carbonyl (C=O) groups is 2. The van der Waals surface area contributed by atoms with Gasteiger partial charge in [0.25, 0.3) is 11.8 Å². The molecule has 0 saturated heterocycles. The summed E-state index contributed by atoms with van der Waals surface area (Å²) in [5.74, 6) is -5.16. The molecule has 0 saturated carbocycles. The Labute approximate surface area is 234 Å². The van der Waals surface area contributed by atoms with Gasteiger partial charge < -0.3 is 24.9 Å². The largest absolute Gasteiger partial charge is 0.483 e. The molecule has 2 heterocycles. The molecule has 0 radical (unpaired) electrons. The molecule has 1 aliphatic rings. The minimum Gasteiger partial charge on any atom is -0.483 e. The molecule has 2 amide bonds. The molecule has 0 aliphatic carbocycles. The second-order valence-electron chi connectivity index (χ2n) is 9.74. The molecule has 0 unspecified atom stereocenters. The van der Waals surface area contributed by atoms with Crippen LogP contribution in [-0.2, 0) is 19.7 Å². The van der Waals surface area contributed by atoms with Gasteiger partial charge in [0.2, 0.25) is 5.43 Å². The fourth-order valence-corrected chi connectivity index (χ4v) is 4.56. The van der Waals surface area contributed by atoms with Crippen molar-refractivity contribution in [2.75, 3.05) is 6.54 Å². The van der Waals surface area contributed by atoms with Crippen LogP contribution in [0.1, 0.15) is 51.7 Å². The van der Waals surface area contributed by atoms with Crippen molar-refractivity contribution < 1.29 is 27.5 Å². The van der Waals surface area contributed by atoms with Crippen LogP contribution in [-0.4, -0.2) is 40.1 Å². The zero-order chi connectivity index (χ0) is 29.7. The van der Waals surface area contributed by atoms with Gasteiger partial charge in [0.05, 0.1) is 0 Å². The van der Waals surface area contributed by atoms with Gasteiger partial charge in [-0.1, -0.05) is 36.9 Å². The summed E-state index contributed by atoms with van der Waals surface area (Å²) in [6, 6.07) is 9.70. The minimum absolute atomic E-state index is 0.0120. The van der Waals surface area contributed by atoms with E-state index < -0.39 is 46.8 Å². The van der Waals surface area contributed by atoms with Crippen molar-refractivity contribution >= 4 is 18.0 Å². The average molecular weight is 567 g/mol. The van der Waals surface area contributed by atoms with Gasteiger partial charge in [0.15, 0.2) is 11.4 Å². The van der Waals surface area contributed by atoms with Crippen molar-refractivity contribution in [3.63, 3.8) is 0 Å². The highest BCUT2D eigenvalue weighted by molar-refractivity contribution is 5.99. The molecule has 11 heteroatoms. The number of hydrogen-bond donors (Lipinski definition) is 2. The SMILES string of the molecule is C=C(C=N)CC[C@H](C)N1CCn2cc(C(=O)NCc3c(F)cc(F)cc3F)c(=O)c(OCc3ccccc3)c2C1=O. The quantitative estimate of drug-likeness (QED) is 0.331. The van der Waals surface area contributed by atoms with Gasteiger partial charge in [0, 0.05) is 55.8 Å². The Kier molecular flexibility index (Phi) is 9.06. The van der Waals surface area contributed by atoms with Crippen LogP contribution >= 0.6 is 0 Å². The molecule has 214 valence electrons. The fraction of sp³-hybridized carbons (Fsp3) is 0.267. The third-order valence-electron chi connectivity index (χ3n) is 6.90. The van der Waals surface area contributed by atoms with E-state index in [0.717, 1.165) is 5.56 Å². The molecule has 4 rings (SSSR count). The van der Waals surface area contributed by atoms with Crippen molar-refractivity contribution in [1.82, 2.24) is 14.8 Å². The first-order valence-corrected chi connectivity index (χ1v) is 13.0. The van der Waals surface area contributed by atoms with E-state index >= 15 is 0 Å². The summed E-state index contributed by atoms with van der Waals surface area (Å²) in [6.07, 6.45) is 3.48. The van der Waals surface area contributed by atoms with Crippen molar-refractivity contribution in [1.29, 1.82) is 5.41 Å². The van der Waals surface area contributed by atoms with E-state index in [1.54, 1.807) is 29.2 Å². The molecule has 41 heavy (non-hydrogen) atoms. The molecule has 3 aromatic rings. The standard InChI is InChI=1S/C30H29F3N4O4/c1-18(14-34)8-9-19(2)37-11-10-36-16-23(29(39)35-15-22-24(32)12-21(31)13-25(22)33)27(38)28(26(36)30(37)40)41-17-20-6-4-3-5-7-20/h3-7,12-14,16,19,34H,1,8-11,15,17H2,2H3,(H,35,39)/t19-/m0/s1. The third-order valence-corrected chi connectivity index (χ3v) is 6.90. The van der Waals surface area contributed by atoms with Gasteiger partial charge >= 0.3 is 0 Å². The number of halogens is 3. The Hall–Kier alpha value is -4.67. The summed E-state index contributed by atoms with van der Waals surface area (Å²) in [6.45, 7) is 5.51. The highest BCUT2D eigenvalue weighted by Gasteiger charge is 2.34. The number of pyridine rings is 1. The molecule has 2 N–H and O–H groups in total. The molecule has 8 nitrogen and oxygen atoms in total. The number of amides is 2. The highest BCUT2D eigenvalue weighted by atomic mass is 19.1. The second kappa shape index (κ2) is 12.7. The van der Waals surface area contributed by atoms with Crippen molar-refractivity contribution in [2.24, 2.45) is 0 Å². The summed E-state index contributed by atoms with van der Waals surface area (Å²) in [4.78, 5) is 41.9. The fourth-order valence-electron chi connectivity index (χ4n) is 4.56. The number of hydrogen-bond acceptors (Lipinski definition) is 5. The molecule has 1 atom stereocenters. The van der Waals surface area contributed by atoms with Crippen LogP contribution < -0.4 is 15.5 Å². The van der Waals surface area contributed by atoms with E-state index in [1.165, 1.54) is 17.0 Å². The summed E-state index contributed by atoms with van der Waals surface area (Å²) >= 11 is 0. The summed E-state index contributed by atoms with van der Waals surface area (Å²) in [7, 11) is 0. The third kappa shape index (κ3) is 6.56. The zero-order valence-electron chi connectivity index (χ0n) is 22.4. The Balaban J connectivity index is 1.66. The maximum atomic E-state index is 14.1. The van der Waals surface area contributed by atoms with Gasteiger partial charge in [-0.25, -0.2) is 13.2 Å². The Bertz CT molecular complexity index is 1530. The Morgan fingerprint density at radius 3 is 2.49 bits per heavy atom. The van der Waals surface area contributed by atoms with E-state index in [9.17, 15) is 27.6 Å². The van der Waals surface area contributed by atoms with Crippen LogP contribution in [0.5, 0.6) is 5.75 Å². The Morgan fingerprint density at radius 1 is 1.15 bits per heavy atom. The van der Waals surface area contributed by atoms with Crippen LogP contribution in [0.3, 0.4) is 0 Å². The molecule has 0 bridgehead atoms. The lowest BCUT2D eigenvalue weighted by Gasteiger charge is -2.35. The first kappa shape index (κ1) is 29.3. The molecule has 1 aromatic heterocycles. The predicted octanol–water partition coefficient (Wildman–Crippen LogP) is 4.60. The molecule has 0 fully saturated rings. The number of allylic oxidation sites excluding steroid dienone is 1. The first-order valence-electron chi connectivity index (χ1n) is 13.0. The van der Waals surface area contributed by atoms with Crippen molar-refractivity contribution in [3.8, 4) is 5.75 Å². The number of nitrogens with one attached hydrogen (secondary N) is 2. The number of aromatic nitrogens is 1. The number of benzene rings is 2. The predicted molar refractivity (Wildman–Crippen MR) is 147 cm³/mol. The lowest BCUT2D eigenvalue weighted by atomic mass is 10.0. The molecule has 1 aliphatic heterocycles. The van der Waals surface area contributed by atoms with Crippen LogP contribution in [0.15, 0.2) is 65.6 Å². The minimum atomic E-state index is -1.18. The molecular formula is C30H29F3N4O4. The van der Waals surface area contributed by atoms with Gasteiger partial charge in [-0.15, -0.1) is 0 Å². The lowest BCUT2D eigenvalue weighted by Crippen LogP contribution is -2.47. The lowest BCUT2D eigenvalue weighted by molar-refractivity contribution is 0.0613. The van der Waals surface area contributed by atoms with E-state index in [0.29, 0.717) is 30.5 Å². The topological polar surface area (TPSA) is 104 Å². The van der Waals surface area contributed by atoms with E-state index in [4.69, 9.17) is 10.1 Å². The number of fused-ring (bicyclic) bond motifs is 1. The number of rotatable bonds is 11. The van der Waals surface area contributed by atoms with Crippen molar-refractivity contribution in [2.45, 2.75) is 45.5 Å². The van der Waals surface area contributed by atoms with Crippen LogP contribution in [0.2, 0.25) is 0 Å². The van der Waals surface area contributed by atoms with Crippen LogP contribution in [0.25, 0.3) is 0 Å². The molecular weight excluding hydrogens is 537 g/mol. The summed E-state index contributed by atoms with van der Waals surface area (Å²) in [5, 5.41) is 9.62. The van der Waals surface area contributed by atoms with Gasteiger partial charge in [-0.3, -0.25) is 14.4 Å². The Morgan fingerprint density at radius 2 is 1.83 bits per heavy atom. The summed E-state index contributed by atoms with van der Waals surface area (Å²) in [5.41, 5.74) is -0.464. The molecule has 0 spiro atoms. The van der Waals surface area contributed by atoms with Crippen molar-refractivity contribution in [3.05, 3.63) is 111 Å². The second-order valence-corrected chi connectivity index (χ2v) is 9.74. The normalized spacial score (nSPS) is 13.4. The first-order chi connectivity index (χ1) is 19.6. The van der Waals surface area contributed by atoms with Gasteiger partial charge in [-0.2, -0.15) is 0 Å². The summed E-state index contributed by atoms with van der Waals surface area (Å²) < 4.78 is 48.8. The average Bonchev–Trinajstić information content (AvgIpc) is 2.95. The van der Waals surface area contributed by atoms with Gasteiger partial charge in [0.1, 0.15) is 29.6 Å². The van der Waals surface area contributed by atoms with Gasteiger partial charge in [-0.05, 0) is 30.9 Å².